The van der Waals surface area contributed by atoms with Gasteiger partial charge in [0.2, 0.25) is 0 Å². The fraction of sp³-hybridized carbons (Fsp3) is 0. The average molecular weight is 796 g/mol. The minimum absolute atomic E-state index is 0. The molecule has 0 aliphatic carbocycles. The quantitative estimate of drug-likeness (QED) is 0.132. The fourth-order valence-corrected chi connectivity index (χ4v) is 7.08. The van der Waals surface area contributed by atoms with Gasteiger partial charge in [0.25, 0.3) is 0 Å². The number of pyridine rings is 2. The summed E-state index contributed by atoms with van der Waals surface area (Å²) in [6, 6.07) is 49.2. The maximum atomic E-state index is 6.49. The van der Waals surface area contributed by atoms with E-state index in [1.807, 2.05) is 49.1 Å². The summed E-state index contributed by atoms with van der Waals surface area (Å²) < 4.78 is 10.8. The Kier molecular flexibility index (Phi) is 6.63. The van der Waals surface area contributed by atoms with Crippen molar-refractivity contribution in [2.45, 2.75) is 0 Å². The molecule has 0 amide bonds. The number of imidazole rings is 2. The monoisotopic (exact) mass is 795 g/mol. The summed E-state index contributed by atoms with van der Waals surface area (Å²) in [5.41, 5.74) is 8.55. The Morgan fingerprint density at radius 3 is 1.81 bits per heavy atom. The smallest absolute Gasteiger partial charge is 0.497 e. The van der Waals surface area contributed by atoms with E-state index in [0.29, 0.717) is 11.5 Å². The minimum Gasteiger partial charge on any atom is -0.497 e. The van der Waals surface area contributed by atoms with E-state index < -0.39 is 0 Å². The molecule has 0 saturated heterocycles. The number of rotatable bonds is 4. The zero-order valence-electron chi connectivity index (χ0n) is 25.4. The van der Waals surface area contributed by atoms with E-state index in [-0.39, 0.29) is 21.1 Å². The summed E-state index contributed by atoms with van der Waals surface area (Å²) in [7, 11) is 0. The van der Waals surface area contributed by atoms with Gasteiger partial charge in [-0.2, -0.15) is 0 Å². The Labute approximate surface area is 290 Å². The van der Waals surface area contributed by atoms with Gasteiger partial charge in [-0.15, -0.1) is 12.1 Å². The summed E-state index contributed by atoms with van der Waals surface area (Å²) in [5, 5.41) is 6.25. The van der Waals surface area contributed by atoms with Crippen molar-refractivity contribution in [1.82, 2.24) is 18.8 Å². The molecule has 0 spiro atoms. The number of para-hydroxylation sites is 1. The largest absolute Gasteiger partial charge is 2.00 e. The maximum Gasteiger partial charge on any atom is 2.00 e. The van der Waals surface area contributed by atoms with Crippen molar-refractivity contribution >= 4 is 54.6 Å². The SMILES string of the molecule is [Pt+2].[c-]1c(Oc2[c-]c3c(cc2)c2cccc(-c4ccccc4)c2n2ccnc32)ccc2c1c1nccn1c1cccc(-c3ccccc3)c21. The van der Waals surface area contributed by atoms with E-state index in [9.17, 15) is 0 Å². The number of nitrogens with zero attached hydrogens (tertiary/aromatic N) is 4. The Bertz CT molecular complexity index is 2820. The molecule has 0 fully saturated rings. The van der Waals surface area contributed by atoms with Gasteiger partial charge < -0.3 is 13.5 Å². The molecule has 0 bridgehead atoms. The second-order valence-corrected chi connectivity index (χ2v) is 11.7. The molecule has 0 atom stereocenters. The normalized spacial score (nSPS) is 11.6. The van der Waals surface area contributed by atoms with Crippen LogP contribution in [0.3, 0.4) is 0 Å². The van der Waals surface area contributed by atoms with Crippen LogP contribution in [0, 0.1) is 12.1 Å². The summed E-state index contributed by atoms with van der Waals surface area (Å²) in [6.07, 6.45) is 7.71. The van der Waals surface area contributed by atoms with Gasteiger partial charge in [0, 0.05) is 52.9 Å². The van der Waals surface area contributed by atoms with Crippen molar-refractivity contribution in [1.29, 1.82) is 0 Å². The molecule has 4 aromatic heterocycles. The third-order valence-electron chi connectivity index (χ3n) is 9.09. The van der Waals surface area contributed by atoms with E-state index in [2.05, 4.69) is 118 Å². The molecule has 0 aliphatic heterocycles. The molecule has 0 saturated carbocycles. The summed E-state index contributed by atoms with van der Waals surface area (Å²) in [5.74, 6) is 1.20. The van der Waals surface area contributed by atoms with Crippen LogP contribution in [0.15, 0.2) is 146 Å². The second kappa shape index (κ2) is 11.2. The van der Waals surface area contributed by atoms with Crippen LogP contribution in [0.4, 0.5) is 0 Å². The zero-order chi connectivity index (χ0) is 30.9. The predicted molar refractivity (Wildman–Crippen MR) is 189 cm³/mol. The molecule has 0 N–H and O–H groups in total. The number of aromatic nitrogens is 4. The van der Waals surface area contributed by atoms with Crippen LogP contribution in [0.5, 0.6) is 11.5 Å². The van der Waals surface area contributed by atoms with Crippen LogP contribution in [0.2, 0.25) is 0 Å². The average Bonchev–Trinajstić information content (AvgIpc) is 3.84. The van der Waals surface area contributed by atoms with Crippen molar-refractivity contribution < 1.29 is 25.8 Å². The van der Waals surface area contributed by atoms with Gasteiger partial charge in [-0.3, -0.25) is 9.97 Å². The van der Waals surface area contributed by atoms with E-state index >= 15 is 0 Å². The molecule has 228 valence electrons. The van der Waals surface area contributed by atoms with Gasteiger partial charge in [0.1, 0.15) is 0 Å². The van der Waals surface area contributed by atoms with Crippen LogP contribution in [-0.2, 0) is 21.1 Å². The molecular weight excluding hydrogens is 772 g/mol. The molecule has 10 rings (SSSR count). The first-order valence-electron chi connectivity index (χ1n) is 15.6. The van der Waals surface area contributed by atoms with Crippen molar-refractivity contribution in [3.05, 3.63) is 158 Å². The Morgan fingerprint density at radius 1 is 0.500 bits per heavy atom. The Morgan fingerprint density at radius 2 is 1.08 bits per heavy atom. The topological polar surface area (TPSA) is 43.8 Å². The molecular formula is C42H24N4OPt. The summed E-state index contributed by atoms with van der Waals surface area (Å²) in [4.78, 5) is 9.50. The minimum atomic E-state index is 0. The third-order valence-corrected chi connectivity index (χ3v) is 9.09. The zero-order valence-corrected chi connectivity index (χ0v) is 27.6. The van der Waals surface area contributed by atoms with Crippen molar-refractivity contribution in [3.8, 4) is 33.8 Å². The van der Waals surface area contributed by atoms with Gasteiger partial charge in [-0.25, -0.2) is 0 Å². The van der Waals surface area contributed by atoms with Gasteiger partial charge in [0.05, 0.1) is 11.3 Å². The van der Waals surface area contributed by atoms with Crippen molar-refractivity contribution in [2.24, 2.45) is 0 Å². The van der Waals surface area contributed by atoms with Gasteiger partial charge in [-0.1, -0.05) is 137 Å². The van der Waals surface area contributed by atoms with Gasteiger partial charge in [0.15, 0.2) is 0 Å². The van der Waals surface area contributed by atoms with Crippen LogP contribution in [0.1, 0.15) is 0 Å². The molecule has 4 heterocycles. The van der Waals surface area contributed by atoms with Crippen LogP contribution < -0.4 is 4.74 Å². The molecule has 6 heteroatoms. The molecule has 0 aliphatic rings. The van der Waals surface area contributed by atoms with E-state index in [0.717, 1.165) is 60.2 Å². The predicted octanol–water partition coefficient (Wildman–Crippen LogP) is 10.3. The first kappa shape index (κ1) is 28.5. The Balaban J connectivity index is 0.00000314. The van der Waals surface area contributed by atoms with Crippen LogP contribution in [0.25, 0.3) is 76.9 Å². The maximum absolute atomic E-state index is 6.49. The number of hydrogen-bond donors (Lipinski definition) is 0. The third kappa shape index (κ3) is 4.28. The molecule has 0 radical (unpaired) electrons. The van der Waals surface area contributed by atoms with Crippen molar-refractivity contribution in [3.63, 3.8) is 0 Å². The van der Waals surface area contributed by atoms with E-state index in [1.165, 1.54) is 16.7 Å². The van der Waals surface area contributed by atoms with Gasteiger partial charge >= 0.3 is 21.1 Å². The van der Waals surface area contributed by atoms with Crippen LogP contribution >= 0.6 is 0 Å². The van der Waals surface area contributed by atoms with Gasteiger partial charge in [-0.05, 0) is 33.5 Å². The first-order chi connectivity index (χ1) is 23.3. The number of fused-ring (bicyclic) bond motifs is 12. The number of benzene rings is 6. The second-order valence-electron chi connectivity index (χ2n) is 11.7. The number of hydrogen-bond acceptors (Lipinski definition) is 3. The molecule has 6 aromatic carbocycles. The van der Waals surface area contributed by atoms with E-state index in [4.69, 9.17) is 14.7 Å². The molecule has 10 aromatic rings. The Hall–Kier alpha value is -5.77. The first-order valence-corrected chi connectivity index (χ1v) is 15.6. The molecule has 5 nitrogen and oxygen atoms in total. The summed E-state index contributed by atoms with van der Waals surface area (Å²) in [6.45, 7) is 0. The fourth-order valence-electron chi connectivity index (χ4n) is 7.08. The molecule has 48 heavy (non-hydrogen) atoms. The van der Waals surface area contributed by atoms with Crippen LogP contribution in [-0.4, -0.2) is 18.8 Å². The standard InChI is InChI=1S/C42H24N4O.Pt/c1-3-9-27(10-4-1)31-13-8-16-38-39(31)34-20-18-30(26-37(34)41-43-21-23-45(38)41)47-29-17-19-33-35-15-7-14-32(28-11-5-2-6-12-28)40(35)46-24-22-44-42(46)36(33)25-29;/h1-24H;/q-2;+2. The van der Waals surface area contributed by atoms with Crippen molar-refractivity contribution in [2.75, 3.05) is 0 Å². The summed E-state index contributed by atoms with van der Waals surface area (Å²) >= 11 is 0. The number of ether oxygens (including phenoxy) is 1. The molecule has 0 unspecified atom stereocenters. The van der Waals surface area contributed by atoms with E-state index in [1.54, 1.807) is 0 Å².